The van der Waals surface area contributed by atoms with Crippen LogP contribution >= 0.6 is 11.3 Å². The Morgan fingerprint density at radius 2 is 1.88 bits per heavy atom. The number of anilines is 1. The lowest BCUT2D eigenvalue weighted by atomic mass is 9.95. The van der Waals surface area contributed by atoms with Crippen LogP contribution in [0.15, 0.2) is 18.3 Å². The van der Waals surface area contributed by atoms with Crippen molar-refractivity contribution in [2.45, 2.75) is 47.0 Å². The maximum atomic E-state index is 12.7. The van der Waals surface area contributed by atoms with Crippen molar-refractivity contribution in [3.63, 3.8) is 0 Å². The second kappa shape index (κ2) is 6.19. The van der Waals surface area contributed by atoms with E-state index in [1.165, 1.54) is 11.3 Å². The van der Waals surface area contributed by atoms with Crippen molar-refractivity contribution in [3.05, 3.63) is 45.9 Å². The van der Waals surface area contributed by atoms with Crippen LogP contribution in [0.3, 0.4) is 0 Å². The third kappa shape index (κ3) is 3.39. The highest BCUT2D eigenvalue weighted by Gasteiger charge is 2.23. The highest BCUT2D eigenvalue weighted by Crippen LogP contribution is 2.33. The van der Waals surface area contributed by atoms with Crippen molar-refractivity contribution in [1.82, 2.24) is 15.0 Å². The molecule has 25 heavy (non-hydrogen) atoms. The largest absolute Gasteiger partial charge is 0.306 e. The lowest BCUT2D eigenvalue weighted by molar-refractivity contribution is 0.102. The van der Waals surface area contributed by atoms with Crippen LogP contribution in [0.1, 0.15) is 53.1 Å². The molecule has 3 aromatic rings. The molecule has 0 aromatic carbocycles. The summed E-state index contributed by atoms with van der Waals surface area (Å²) >= 11 is 1.41. The molecule has 0 aliphatic heterocycles. The lowest BCUT2D eigenvalue weighted by Gasteiger charge is -2.16. The second-order valence-corrected chi connectivity index (χ2v) is 8.29. The van der Waals surface area contributed by atoms with Crippen molar-refractivity contribution in [2.24, 2.45) is 0 Å². The number of hydrogen-bond donors (Lipinski definition) is 1. The Balaban J connectivity index is 2.03. The second-order valence-electron chi connectivity index (χ2n) is 7.29. The van der Waals surface area contributed by atoms with Gasteiger partial charge in [-0.1, -0.05) is 20.8 Å². The van der Waals surface area contributed by atoms with Crippen LogP contribution in [0.5, 0.6) is 0 Å². The number of nitrogens with one attached hydrogen (secondary N) is 1. The van der Waals surface area contributed by atoms with Crippen LogP contribution < -0.4 is 5.32 Å². The topological polar surface area (TPSA) is 67.8 Å². The van der Waals surface area contributed by atoms with E-state index in [4.69, 9.17) is 4.98 Å². The summed E-state index contributed by atoms with van der Waals surface area (Å²) in [5, 5.41) is 3.85. The molecular formula is C19H22N4OS. The maximum absolute atomic E-state index is 12.7. The number of aryl methyl sites for hydroxylation is 3. The lowest BCUT2D eigenvalue weighted by Crippen LogP contribution is -2.16. The summed E-state index contributed by atoms with van der Waals surface area (Å²) in [5.74, 6) is 1.20. The van der Waals surface area contributed by atoms with E-state index in [1.807, 2.05) is 32.9 Å². The SMILES string of the molecule is Cc1ccnc(NC(=O)c2sc3nc(C(C)(C)C)nc(C)c3c2C)c1. The zero-order valence-corrected chi connectivity index (χ0v) is 16.2. The van der Waals surface area contributed by atoms with E-state index in [-0.39, 0.29) is 11.3 Å². The molecule has 0 atom stereocenters. The molecule has 0 aliphatic carbocycles. The Kier molecular flexibility index (Phi) is 4.33. The van der Waals surface area contributed by atoms with E-state index in [2.05, 4.69) is 36.1 Å². The Hall–Kier alpha value is -2.34. The third-order valence-corrected chi connectivity index (χ3v) is 5.19. The number of thiophene rings is 1. The standard InChI is InChI=1S/C19H22N4OS/c1-10-7-8-20-13(9-10)22-16(24)15-11(2)14-12(3)21-18(19(4,5)6)23-17(14)25-15/h7-9H,1-6H3,(H,20,22,24). The average Bonchev–Trinajstić information content (AvgIpc) is 2.84. The molecule has 0 unspecified atom stereocenters. The van der Waals surface area contributed by atoms with Gasteiger partial charge in [0.15, 0.2) is 0 Å². The summed E-state index contributed by atoms with van der Waals surface area (Å²) in [6.07, 6.45) is 1.69. The first-order valence-electron chi connectivity index (χ1n) is 8.19. The van der Waals surface area contributed by atoms with Gasteiger partial charge in [0.05, 0.1) is 10.6 Å². The molecule has 3 aromatic heterocycles. The molecule has 1 amide bonds. The summed E-state index contributed by atoms with van der Waals surface area (Å²) < 4.78 is 0. The highest BCUT2D eigenvalue weighted by atomic mass is 32.1. The van der Waals surface area contributed by atoms with Crippen molar-refractivity contribution < 1.29 is 4.79 Å². The molecule has 5 nitrogen and oxygen atoms in total. The van der Waals surface area contributed by atoms with Gasteiger partial charge in [-0.05, 0) is 44.0 Å². The first-order valence-corrected chi connectivity index (χ1v) is 9.00. The smallest absolute Gasteiger partial charge is 0.267 e. The summed E-state index contributed by atoms with van der Waals surface area (Å²) in [7, 11) is 0. The van der Waals surface area contributed by atoms with Crippen molar-refractivity contribution in [2.75, 3.05) is 5.32 Å². The van der Waals surface area contributed by atoms with Gasteiger partial charge in [0.1, 0.15) is 16.5 Å². The zero-order chi connectivity index (χ0) is 18.4. The first-order chi connectivity index (χ1) is 11.7. The van der Waals surface area contributed by atoms with Gasteiger partial charge in [-0.2, -0.15) is 0 Å². The van der Waals surface area contributed by atoms with E-state index < -0.39 is 0 Å². The molecule has 0 bridgehead atoms. The van der Waals surface area contributed by atoms with Crippen LogP contribution in [0.25, 0.3) is 10.2 Å². The molecule has 1 N–H and O–H groups in total. The fraction of sp³-hybridized carbons (Fsp3) is 0.368. The molecule has 0 spiro atoms. The molecule has 0 fully saturated rings. The molecule has 3 heterocycles. The number of aromatic nitrogens is 3. The van der Waals surface area contributed by atoms with Gasteiger partial charge in [-0.3, -0.25) is 4.79 Å². The third-order valence-electron chi connectivity index (χ3n) is 4.01. The van der Waals surface area contributed by atoms with E-state index in [0.29, 0.717) is 10.7 Å². The Morgan fingerprint density at radius 3 is 2.52 bits per heavy atom. The van der Waals surface area contributed by atoms with Gasteiger partial charge in [0, 0.05) is 17.0 Å². The van der Waals surface area contributed by atoms with Gasteiger partial charge in [-0.15, -0.1) is 11.3 Å². The minimum Gasteiger partial charge on any atom is -0.306 e. The summed E-state index contributed by atoms with van der Waals surface area (Å²) in [4.78, 5) is 27.8. The summed E-state index contributed by atoms with van der Waals surface area (Å²) in [6, 6.07) is 3.75. The maximum Gasteiger partial charge on any atom is 0.267 e. The van der Waals surface area contributed by atoms with Crippen molar-refractivity contribution >= 4 is 33.3 Å². The van der Waals surface area contributed by atoms with Crippen LogP contribution in [-0.4, -0.2) is 20.9 Å². The molecule has 0 aliphatic rings. The number of rotatable bonds is 2. The Morgan fingerprint density at radius 1 is 1.16 bits per heavy atom. The normalized spacial score (nSPS) is 11.8. The van der Waals surface area contributed by atoms with E-state index in [1.54, 1.807) is 6.20 Å². The number of carbonyl (C=O) groups is 1. The number of amides is 1. The minimum absolute atomic E-state index is 0.134. The molecular weight excluding hydrogens is 332 g/mol. The number of pyridine rings is 1. The minimum atomic E-state index is -0.157. The summed E-state index contributed by atoms with van der Waals surface area (Å²) in [5.41, 5.74) is 2.75. The van der Waals surface area contributed by atoms with Gasteiger partial charge in [-0.25, -0.2) is 15.0 Å². The molecule has 0 saturated carbocycles. The van der Waals surface area contributed by atoms with Crippen molar-refractivity contribution in [1.29, 1.82) is 0 Å². The summed E-state index contributed by atoms with van der Waals surface area (Å²) in [6.45, 7) is 12.2. The molecule has 6 heteroatoms. The molecule has 0 saturated heterocycles. The number of carbonyl (C=O) groups excluding carboxylic acids is 1. The van der Waals surface area contributed by atoms with E-state index >= 15 is 0 Å². The van der Waals surface area contributed by atoms with Crippen LogP contribution in [0, 0.1) is 20.8 Å². The first kappa shape index (κ1) is 17.5. The van der Waals surface area contributed by atoms with Gasteiger partial charge in [0.25, 0.3) is 5.91 Å². The molecule has 3 rings (SSSR count). The number of hydrogen-bond acceptors (Lipinski definition) is 5. The molecule has 0 radical (unpaired) electrons. The predicted octanol–water partition coefficient (Wildman–Crippen LogP) is 4.56. The van der Waals surface area contributed by atoms with Gasteiger partial charge >= 0.3 is 0 Å². The highest BCUT2D eigenvalue weighted by molar-refractivity contribution is 7.20. The Bertz CT molecular complexity index is 969. The van der Waals surface area contributed by atoms with Crippen LogP contribution in [0.2, 0.25) is 0 Å². The number of nitrogens with zero attached hydrogens (tertiary/aromatic N) is 3. The van der Waals surface area contributed by atoms with Crippen molar-refractivity contribution in [3.8, 4) is 0 Å². The average molecular weight is 354 g/mol. The molecule has 130 valence electrons. The quantitative estimate of drug-likeness (QED) is 0.732. The number of fused-ring (bicyclic) bond motifs is 1. The van der Waals surface area contributed by atoms with Gasteiger partial charge in [0.2, 0.25) is 0 Å². The van der Waals surface area contributed by atoms with E-state index in [9.17, 15) is 4.79 Å². The Labute approximate surface area is 151 Å². The van der Waals surface area contributed by atoms with Crippen LogP contribution in [0.4, 0.5) is 5.82 Å². The fourth-order valence-corrected chi connectivity index (χ4v) is 3.80. The monoisotopic (exact) mass is 354 g/mol. The van der Waals surface area contributed by atoms with Gasteiger partial charge < -0.3 is 5.32 Å². The fourth-order valence-electron chi connectivity index (χ4n) is 2.67. The van der Waals surface area contributed by atoms with Crippen LogP contribution in [-0.2, 0) is 5.41 Å². The van der Waals surface area contributed by atoms with E-state index in [0.717, 1.165) is 32.9 Å². The predicted molar refractivity (Wildman–Crippen MR) is 103 cm³/mol. The zero-order valence-electron chi connectivity index (χ0n) is 15.4.